The van der Waals surface area contributed by atoms with Crippen molar-refractivity contribution >= 4 is 34.0 Å². The molecule has 128 valence electrons. The molecule has 2 heterocycles. The van der Waals surface area contributed by atoms with Crippen molar-refractivity contribution in [3.05, 3.63) is 45.9 Å². The van der Waals surface area contributed by atoms with Crippen LogP contribution in [0.4, 0.5) is 5.13 Å². The van der Waals surface area contributed by atoms with Gasteiger partial charge in [0, 0.05) is 35.7 Å². The number of hydrogen-bond acceptors (Lipinski definition) is 5. The fraction of sp³-hybridized carbons (Fsp3) is 0.412. The number of thiazole rings is 1. The zero-order valence-electron chi connectivity index (χ0n) is 13.2. The highest BCUT2D eigenvalue weighted by molar-refractivity contribution is 7.15. The molecule has 0 saturated carbocycles. The van der Waals surface area contributed by atoms with Crippen LogP contribution in [0.3, 0.4) is 0 Å². The van der Waals surface area contributed by atoms with Crippen LogP contribution in [0.5, 0.6) is 0 Å². The minimum absolute atomic E-state index is 0.168. The lowest BCUT2D eigenvalue weighted by molar-refractivity contribution is -0.119. The maximum Gasteiger partial charge on any atom is 0.243 e. The van der Waals surface area contributed by atoms with E-state index in [1.807, 2.05) is 24.3 Å². The number of carbonyl (C=O) groups is 1. The van der Waals surface area contributed by atoms with Gasteiger partial charge in [0.1, 0.15) is 0 Å². The molecule has 0 spiro atoms. The number of carbonyl (C=O) groups excluding carboxylic acids is 1. The number of amides is 1. The van der Waals surface area contributed by atoms with Crippen LogP contribution in [-0.4, -0.2) is 30.1 Å². The van der Waals surface area contributed by atoms with Gasteiger partial charge in [0.05, 0.1) is 6.04 Å². The summed E-state index contributed by atoms with van der Waals surface area (Å²) in [6, 6.07) is 7.19. The lowest BCUT2D eigenvalue weighted by Crippen LogP contribution is -2.43. The van der Waals surface area contributed by atoms with Gasteiger partial charge in [-0.25, -0.2) is 4.98 Å². The Morgan fingerprint density at radius 3 is 2.92 bits per heavy atom. The van der Waals surface area contributed by atoms with Crippen molar-refractivity contribution in [2.24, 2.45) is 11.7 Å². The van der Waals surface area contributed by atoms with Gasteiger partial charge in [-0.1, -0.05) is 29.8 Å². The quantitative estimate of drug-likeness (QED) is 0.853. The van der Waals surface area contributed by atoms with Crippen molar-refractivity contribution in [3.8, 4) is 0 Å². The third-order valence-corrected chi connectivity index (χ3v) is 5.46. The summed E-state index contributed by atoms with van der Waals surface area (Å²) < 4.78 is 5.31. The van der Waals surface area contributed by atoms with Gasteiger partial charge < -0.3 is 15.8 Å². The molecule has 3 rings (SSSR count). The fourth-order valence-corrected chi connectivity index (χ4v) is 3.80. The van der Waals surface area contributed by atoms with E-state index in [1.54, 1.807) is 6.20 Å². The normalized spacial score (nSPS) is 16.8. The molecule has 1 saturated heterocycles. The maximum atomic E-state index is 12.3. The van der Waals surface area contributed by atoms with E-state index in [0.29, 0.717) is 24.8 Å². The monoisotopic (exact) mass is 365 g/mol. The van der Waals surface area contributed by atoms with Crippen molar-refractivity contribution in [2.45, 2.75) is 25.3 Å². The lowest BCUT2D eigenvalue weighted by atomic mass is 9.92. The Balaban J connectivity index is 1.59. The second kappa shape index (κ2) is 8.07. The van der Waals surface area contributed by atoms with E-state index in [0.717, 1.165) is 28.3 Å². The second-order valence-corrected chi connectivity index (χ2v) is 7.39. The van der Waals surface area contributed by atoms with Gasteiger partial charge in [-0.15, -0.1) is 11.3 Å². The van der Waals surface area contributed by atoms with Crippen LogP contribution < -0.4 is 11.1 Å². The first kappa shape index (κ1) is 17.4. The fourth-order valence-electron chi connectivity index (χ4n) is 2.75. The number of nitrogens with two attached hydrogens (primary N) is 1. The summed E-state index contributed by atoms with van der Waals surface area (Å²) in [5.74, 6) is -0.0122. The van der Waals surface area contributed by atoms with Crippen LogP contribution in [0.25, 0.3) is 0 Å². The molecule has 0 bridgehead atoms. The van der Waals surface area contributed by atoms with Crippen LogP contribution in [0.2, 0.25) is 5.02 Å². The summed E-state index contributed by atoms with van der Waals surface area (Å²) in [5.41, 5.74) is 7.12. The number of halogens is 1. The summed E-state index contributed by atoms with van der Waals surface area (Å²) in [6.07, 6.45) is 4.11. The first-order chi connectivity index (χ1) is 11.6. The van der Waals surface area contributed by atoms with Crippen LogP contribution in [0, 0.1) is 5.92 Å². The Hall–Kier alpha value is -1.47. The van der Waals surface area contributed by atoms with Gasteiger partial charge in [0.2, 0.25) is 5.91 Å². The van der Waals surface area contributed by atoms with E-state index in [2.05, 4.69) is 10.3 Å². The Bertz CT molecular complexity index is 701. The second-order valence-electron chi connectivity index (χ2n) is 5.86. The van der Waals surface area contributed by atoms with Crippen LogP contribution >= 0.6 is 22.9 Å². The topological polar surface area (TPSA) is 77.2 Å². The lowest BCUT2D eigenvalue weighted by Gasteiger charge is -2.26. The standard InChI is InChI=1S/C17H20ClN3O2S/c18-14-4-2-1-3-12(14)9-13-10-20-17(24-13)21-16(22)15(19)11-5-7-23-8-6-11/h1-4,10-11,15H,5-9,19H2,(H,20,21,22). The Labute approximate surface area is 150 Å². The van der Waals surface area contributed by atoms with E-state index < -0.39 is 6.04 Å². The van der Waals surface area contributed by atoms with Crippen molar-refractivity contribution in [2.75, 3.05) is 18.5 Å². The highest BCUT2D eigenvalue weighted by atomic mass is 35.5. The molecule has 24 heavy (non-hydrogen) atoms. The molecule has 3 N–H and O–H groups in total. The van der Waals surface area contributed by atoms with Crippen molar-refractivity contribution < 1.29 is 9.53 Å². The molecule has 1 aliphatic rings. The molecule has 5 nitrogen and oxygen atoms in total. The van der Waals surface area contributed by atoms with Gasteiger partial charge >= 0.3 is 0 Å². The summed E-state index contributed by atoms with van der Waals surface area (Å²) in [5, 5.41) is 4.14. The molecule has 1 atom stereocenters. The third kappa shape index (κ3) is 4.33. The molecule has 0 radical (unpaired) electrons. The number of rotatable bonds is 5. The predicted molar refractivity (Wildman–Crippen MR) is 96.5 cm³/mol. The van der Waals surface area contributed by atoms with Crippen LogP contribution in [0.1, 0.15) is 23.3 Å². The van der Waals surface area contributed by atoms with Gasteiger partial charge in [-0.2, -0.15) is 0 Å². The van der Waals surface area contributed by atoms with E-state index in [4.69, 9.17) is 22.1 Å². The average Bonchev–Trinajstić information content (AvgIpc) is 3.04. The van der Waals surface area contributed by atoms with Crippen molar-refractivity contribution in [3.63, 3.8) is 0 Å². The maximum absolute atomic E-state index is 12.3. The number of benzene rings is 1. The molecular formula is C17H20ClN3O2S. The summed E-state index contributed by atoms with van der Waals surface area (Å²) in [4.78, 5) is 17.6. The number of anilines is 1. The Kier molecular flexibility index (Phi) is 5.84. The zero-order valence-corrected chi connectivity index (χ0v) is 14.8. The van der Waals surface area contributed by atoms with Crippen molar-refractivity contribution in [1.82, 2.24) is 4.98 Å². The minimum atomic E-state index is -0.523. The molecule has 1 aromatic heterocycles. The summed E-state index contributed by atoms with van der Waals surface area (Å²) >= 11 is 7.63. The molecule has 1 aliphatic heterocycles. The smallest absolute Gasteiger partial charge is 0.243 e. The van der Waals surface area contributed by atoms with E-state index in [-0.39, 0.29) is 11.8 Å². The zero-order chi connectivity index (χ0) is 16.9. The molecule has 0 aliphatic carbocycles. The predicted octanol–water partition coefficient (Wildman–Crippen LogP) is 3.08. The molecule has 1 fully saturated rings. The summed E-state index contributed by atoms with van der Waals surface area (Å²) in [6.45, 7) is 1.34. The number of nitrogens with one attached hydrogen (secondary N) is 1. The SMILES string of the molecule is NC(C(=O)Nc1ncc(Cc2ccccc2Cl)s1)C1CCOCC1. The van der Waals surface area contributed by atoms with Crippen LogP contribution in [-0.2, 0) is 16.0 Å². The molecular weight excluding hydrogens is 346 g/mol. The first-order valence-corrected chi connectivity index (χ1v) is 9.15. The van der Waals surface area contributed by atoms with Crippen molar-refractivity contribution in [1.29, 1.82) is 0 Å². The van der Waals surface area contributed by atoms with E-state index in [1.165, 1.54) is 11.3 Å². The van der Waals surface area contributed by atoms with Gasteiger partial charge in [-0.3, -0.25) is 4.79 Å². The van der Waals surface area contributed by atoms with Gasteiger partial charge in [0.15, 0.2) is 5.13 Å². The summed E-state index contributed by atoms with van der Waals surface area (Å²) in [7, 11) is 0. The number of ether oxygens (including phenoxy) is 1. The highest BCUT2D eigenvalue weighted by Crippen LogP contribution is 2.25. The average molecular weight is 366 g/mol. The molecule has 2 aromatic rings. The number of hydrogen-bond donors (Lipinski definition) is 2. The highest BCUT2D eigenvalue weighted by Gasteiger charge is 2.27. The third-order valence-electron chi connectivity index (χ3n) is 4.18. The number of aromatic nitrogens is 1. The van der Waals surface area contributed by atoms with Crippen LogP contribution in [0.15, 0.2) is 30.5 Å². The molecule has 1 aromatic carbocycles. The Morgan fingerprint density at radius 2 is 2.17 bits per heavy atom. The van der Waals surface area contributed by atoms with E-state index >= 15 is 0 Å². The van der Waals surface area contributed by atoms with Gasteiger partial charge in [0.25, 0.3) is 0 Å². The Morgan fingerprint density at radius 1 is 1.42 bits per heavy atom. The minimum Gasteiger partial charge on any atom is -0.381 e. The molecule has 1 amide bonds. The number of nitrogens with zero attached hydrogens (tertiary/aromatic N) is 1. The molecule has 7 heteroatoms. The van der Waals surface area contributed by atoms with Gasteiger partial charge in [-0.05, 0) is 30.4 Å². The molecule has 1 unspecified atom stereocenters. The largest absolute Gasteiger partial charge is 0.381 e. The van der Waals surface area contributed by atoms with E-state index in [9.17, 15) is 4.79 Å². The first-order valence-electron chi connectivity index (χ1n) is 7.96.